The van der Waals surface area contributed by atoms with Crippen molar-refractivity contribution in [1.29, 1.82) is 0 Å². The van der Waals surface area contributed by atoms with Crippen LogP contribution in [0.4, 0.5) is 18.9 Å². The van der Waals surface area contributed by atoms with Crippen LogP contribution < -0.4 is 9.62 Å². The average Bonchev–Trinajstić information content (AvgIpc) is 2.60. The summed E-state index contributed by atoms with van der Waals surface area (Å²) in [5.74, 6) is -2.42. The molecule has 0 atom stereocenters. The quantitative estimate of drug-likeness (QED) is 0.686. The van der Waals surface area contributed by atoms with Crippen LogP contribution in [0, 0.1) is 17.5 Å². The summed E-state index contributed by atoms with van der Waals surface area (Å²) >= 11 is 0. The van der Waals surface area contributed by atoms with E-state index in [1.165, 1.54) is 12.1 Å². The molecule has 2 aromatic rings. The lowest BCUT2D eigenvalue weighted by atomic mass is 10.1. The minimum atomic E-state index is -3.80. The molecule has 0 spiro atoms. The van der Waals surface area contributed by atoms with Crippen molar-refractivity contribution in [3.8, 4) is 0 Å². The van der Waals surface area contributed by atoms with E-state index in [0.717, 1.165) is 28.3 Å². The molecule has 0 aliphatic carbocycles. The number of rotatable bonds is 9. The molecule has 0 unspecified atom stereocenters. The van der Waals surface area contributed by atoms with Gasteiger partial charge in [0.2, 0.25) is 15.9 Å². The van der Waals surface area contributed by atoms with Gasteiger partial charge in [-0.25, -0.2) is 21.6 Å². The van der Waals surface area contributed by atoms with Crippen LogP contribution in [0.5, 0.6) is 0 Å². The van der Waals surface area contributed by atoms with Crippen LogP contribution in [0.2, 0.25) is 0 Å². The van der Waals surface area contributed by atoms with Gasteiger partial charge in [0.15, 0.2) is 0 Å². The number of carbonyl (C=O) groups is 1. The Morgan fingerprint density at radius 2 is 1.68 bits per heavy atom. The van der Waals surface area contributed by atoms with Gasteiger partial charge < -0.3 is 5.32 Å². The highest BCUT2D eigenvalue weighted by Gasteiger charge is 2.21. The molecule has 0 aromatic heterocycles. The van der Waals surface area contributed by atoms with Gasteiger partial charge in [-0.1, -0.05) is 12.1 Å². The first-order valence-corrected chi connectivity index (χ1v) is 10.5. The summed E-state index contributed by atoms with van der Waals surface area (Å²) in [6.07, 6.45) is 1.64. The van der Waals surface area contributed by atoms with Crippen molar-refractivity contribution in [2.75, 3.05) is 23.7 Å². The highest BCUT2D eigenvalue weighted by molar-refractivity contribution is 7.92. The number of hydrogen-bond acceptors (Lipinski definition) is 3. The van der Waals surface area contributed by atoms with Crippen LogP contribution in [0.25, 0.3) is 0 Å². The van der Waals surface area contributed by atoms with E-state index in [-0.39, 0.29) is 36.8 Å². The van der Waals surface area contributed by atoms with Crippen LogP contribution in [0.3, 0.4) is 0 Å². The van der Waals surface area contributed by atoms with Crippen molar-refractivity contribution in [3.05, 3.63) is 65.5 Å². The lowest BCUT2D eigenvalue weighted by molar-refractivity contribution is -0.121. The number of anilines is 1. The van der Waals surface area contributed by atoms with Crippen LogP contribution >= 0.6 is 0 Å². The topological polar surface area (TPSA) is 66.5 Å². The third kappa shape index (κ3) is 6.56. The summed E-state index contributed by atoms with van der Waals surface area (Å²) in [6, 6.07) is 8.56. The number of carbonyl (C=O) groups excluding carboxylic acids is 1. The maximum atomic E-state index is 13.9. The third-order valence-electron chi connectivity index (χ3n) is 3.99. The fourth-order valence-corrected chi connectivity index (χ4v) is 3.58. The van der Waals surface area contributed by atoms with Crippen molar-refractivity contribution in [2.24, 2.45) is 0 Å². The van der Waals surface area contributed by atoms with Gasteiger partial charge in [0, 0.05) is 25.6 Å². The molecular formula is C19H21F3N2O3S. The fraction of sp³-hybridized carbons (Fsp3) is 0.316. The summed E-state index contributed by atoms with van der Waals surface area (Å²) in [5.41, 5.74) is 0.609. The number of nitrogens with one attached hydrogen (secondary N) is 1. The summed E-state index contributed by atoms with van der Waals surface area (Å²) < 4.78 is 64.5. The number of benzene rings is 2. The third-order valence-corrected chi connectivity index (χ3v) is 5.17. The molecule has 1 amide bonds. The number of hydrogen-bond donors (Lipinski definition) is 1. The lowest BCUT2D eigenvalue weighted by Crippen LogP contribution is -2.33. The van der Waals surface area contributed by atoms with Crippen molar-refractivity contribution in [2.45, 2.75) is 19.3 Å². The minimum absolute atomic E-state index is 0.0399. The Balaban J connectivity index is 1.84. The summed E-state index contributed by atoms with van der Waals surface area (Å²) in [6.45, 7) is 0.236. The van der Waals surface area contributed by atoms with Crippen LogP contribution in [0.15, 0.2) is 42.5 Å². The predicted octanol–water partition coefficient (Wildman–Crippen LogP) is 3.01. The van der Waals surface area contributed by atoms with E-state index in [4.69, 9.17) is 0 Å². The maximum absolute atomic E-state index is 13.9. The normalized spacial score (nSPS) is 11.3. The second-order valence-corrected chi connectivity index (χ2v) is 8.17. The molecule has 2 rings (SSSR count). The standard InChI is InChI=1S/C19H21F3N2O3S/c1-28(26,27)24(18-9-8-16(21)13-17(18)22)12-2-3-19(25)23-11-10-14-4-6-15(20)7-5-14/h4-9,13H,2-3,10-12H2,1H3,(H,23,25). The molecule has 0 fully saturated rings. The Bertz CT molecular complexity index is 919. The van der Waals surface area contributed by atoms with E-state index in [2.05, 4.69) is 5.32 Å². The van der Waals surface area contributed by atoms with Gasteiger partial charge in [0.05, 0.1) is 11.9 Å². The molecular weight excluding hydrogens is 393 g/mol. The van der Waals surface area contributed by atoms with Crippen molar-refractivity contribution in [1.82, 2.24) is 5.32 Å². The Kier molecular flexibility index (Phi) is 7.45. The van der Waals surface area contributed by atoms with Crippen molar-refractivity contribution >= 4 is 21.6 Å². The minimum Gasteiger partial charge on any atom is -0.356 e. The van der Waals surface area contributed by atoms with Gasteiger partial charge in [0.25, 0.3) is 0 Å². The van der Waals surface area contributed by atoms with Gasteiger partial charge in [-0.15, -0.1) is 0 Å². The van der Waals surface area contributed by atoms with E-state index in [1.807, 2.05) is 0 Å². The van der Waals surface area contributed by atoms with Gasteiger partial charge in [-0.3, -0.25) is 9.10 Å². The lowest BCUT2D eigenvalue weighted by Gasteiger charge is -2.22. The maximum Gasteiger partial charge on any atom is 0.232 e. The number of nitrogens with zero attached hydrogens (tertiary/aromatic N) is 1. The molecule has 28 heavy (non-hydrogen) atoms. The molecule has 0 radical (unpaired) electrons. The molecule has 0 heterocycles. The second-order valence-electron chi connectivity index (χ2n) is 6.26. The Morgan fingerprint density at radius 1 is 1.04 bits per heavy atom. The first kappa shape index (κ1) is 21.7. The number of halogens is 3. The van der Waals surface area contributed by atoms with E-state index in [0.29, 0.717) is 19.0 Å². The molecule has 152 valence electrons. The zero-order chi connectivity index (χ0) is 20.7. The summed E-state index contributed by atoms with van der Waals surface area (Å²) in [5, 5.41) is 2.69. The largest absolute Gasteiger partial charge is 0.356 e. The SMILES string of the molecule is CS(=O)(=O)N(CCCC(=O)NCCc1ccc(F)cc1)c1ccc(F)cc1F. The molecule has 1 N–H and O–H groups in total. The molecule has 0 bridgehead atoms. The Labute approximate surface area is 162 Å². The number of sulfonamides is 1. The van der Waals surface area contributed by atoms with Crippen LogP contribution in [-0.4, -0.2) is 33.7 Å². The van der Waals surface area contributed by atoms with Crippen LogP contribution in [0.1, 0.15) is 18.4 Å². The van der Waals surface area contributed by atoms with Crippen molar-refractivity contribution in [3.63, 3.8) is 0 Å². The molecule has 0 aliphatic rings. The molecule has 0 saturated heterocycles. The van der Waals surface area contributed by atoms with Gasteiger partial charge in [-0.2, -0.15) is 0 Å². The molecule has 0 aliphatic heterocycles. The van der Waals surface area contributed by atoms with Crippen LogP contribution in [-0.2, 0) is 21.2 Å². The van der Waals surface area contributed by atoms with Gasteiger partial charge in [-0.05, 0) is 42.7 Å². The summed E-state index contributed by atoms with van der Waals surface area (Å²) in [4.78, 5) is 11.9. The molecule has 5 nitrogen and oxygen atoms in total. The summed E-state index contributed by atoms with van der Waals surface area (Å²) in [7, 11) is -3.80. The van der Waals surface area contributed by atoms with E-state index in [1.54, 1.807) is 12.1 Å². The van der Waals surface area contributed by atoms with Gasteiger partial charge in [0.1, 0.15) is 17.5 Å². The Hall–Kier alpha value is -2.55. The average molecular weight is 414 g/mol. The smallest absolute Gasteiger partial charge is 0.232 e. The molecule has 2 aromatic carbocycles. The van der Waals surface area contributed by atoms with Gasteiger partial charge >= 0.3 is 0 Å². The Morgan fingerprint density at radius 3 is 2.29 bits per heavy atom. The number of amides is 1. The second kappa shape index (κ2) is 9.59. The fourth-order valence-electron chi connectivity index (χ4n) is 2.62. The molecule has 9 heteroatoms. The van der Waals surface area contributed by atoms with E-state index >= 15 is 0 Å². The monoisotopic (exact) mass is 414 g/mol. The molecule has 0 saturated carbocycles. The van der Waals surface area contributed by atoms with E-state index in [9.17, 15) is 26.4 Å². The highest BCUT2D eigenvalue weighted by Crippen LogP contribution is 2.23. The first-order valence-electron chi connectivity index (χ1n) is 8.61. The zero-order valence-electron chi connectivity index (χ0n) is 15.3. The van der Waals surface area contributed by atoms with E-state index < -0.39 is 21.7 Å². The zero-order valence-corrected chi connectivity index (χ0v) is 16.1. The first-order chi connectivity index (χ1) is 13.2. The van der Waals surface area contributed by atoms with Crippen molar-refractivity contribution < 1.29 is 26.4 Å². The highest BCUT2D eigenvalue weighted by atomic mass is 32.2. The predicted molar refractivity (Wildman–Crippen MR) is 101 cm³/mol.